The zero-order chi connectivity index (χ0) is 22.1. The number of halogens is 2. The number of likely N-dealkylation sites (N-methyl/N-ethyl adjacent to an activating group) is 1. The van der Waals surface area contributed by atoms with E-state index >= 15 is 0 Å². The van der Waals surface area contributed by atoms with E-state index in [9.17, 15) is 13.6 Å². The maximum Gasteiger partial charge on any atom is 0.252 e. The molecule has 3 aromatic rings. The van der Waals surface area contributed by atoms with E-state index in [1.54, 1.807) is 13.2 Å². The van der Waals surface area contributed by atoms with Crippen molar-refractivity contribution in [2.45, 2.75) is 0 Å². The number of ether oxygens (including phenoxy) is 1. The number of anilines is 3. The van der Waals surface area contributed by atoms with Crippen molar-refractivity contribution in [3.8, 4) is 5.75 Å². The van der Waals surface area contributed by atoms with E-state index in [0.29, 0.717) is 16.7 Å². The van der Waals surface area contributed by atoms with Crippen LogP contribution in [-0.4, -0.2) is 56.1 Å². The van der Waals surface area contributed by atoms with Crippen molar-refractivity contribution in [3.05, 3.63) is 53.7 Å². The standard InChI is InChI=1S/C22H23F2N5O2/c1-28-5-7-29(8-6-28)19-10-14-17(11-20(19)31-2)26-12-15(22(25)30)21(14)27-18-9-13(23)3-4-16(18)24/h3-4,9-12H,5-8H2,1-2H3,(H2,25,30)(H,26,27). The van der Waals surface area contributed by atoms with Crippen LogP contribution in [-0.2, 0) is 0 Å². The number of amides is 1. The summed E-state index contributed by atoms with van der Waals surface area (Å²) in [7, 11) is 3.65. The van der Waals surface area contributed by atoms with Crippen LogP contribution in [0.1, 0.15) is 10.4 Å². The molecule has 9 heteroatoms. The van der Waals surface area contributed by atoms with Gasteiger partial charge >= 0.3 is 0 Å². The van der Waals surface area contributed by atoms with Crippen LogP contribution < -0.4 is 20.7 Å². The Morgan fingerprint density at radius 1 is 1.16 bits per heavy atom. The predicted octanol–water partition coefficient (Wildman–Crippen LogP) is 3.12. The Bertz CT molecular complexity index is 1150. The maximum atomic E-state index is 14.3. The zero-order valence-corrected chi connectivity index (χ0v) is 17.3. The Hall–Kier alpha value is -3.46. The summed E-state index contributed by atoms with van der Waals surface area (Å²) in [6.07, 6.45) is 1.32. The van der Waals surface area contributed by atoms with Crippen molar-refractivity contribution in [1.29, 1.82) is 0 Å². The maximum absolute atomic E-state index is 14.3. The Morgan fingerprint density at radius 2 is 1.90 bits per heavy atom. The highest BCUT2D eigenvalue weighted by molar-refractivity contribution is 6.08. The Morgan fingerprint density at radius 3 is 2.58 bits per heavy atom. The number of methoxy groups -OCH3 is 1. The number of carbonyl (C=O) groups is 1. The molecule has 1 aliphatic heterocycles. The van der Waals surface area contributed by atoms with Crippen LogP contribution >= 0.6 is 0 Å². The van der Waals surface area contributed by atoms with Crippen LogP contribution in [0.4, 0.5) is 25.8 Å². The summed E-state index contributed by atoms with van der Waals surface area (Å²) < 4.78 is 33.6. The van der Waals surface area contributed by atoms with E-state index in [1.807, 2.05) is 6.07 Å². The summed E-state index contributed by atoms with van der Waals surface area (Å²) in [4.78, 5) is 20.8. The van der Waals surface area contributed by atoms with Gasteiger partial charge in [0.2, 0.25) is 0 Å². The average molecular weight is 427 g/mol. The number of nitrogens with one attached hydrogen (secondary N) is 1. The lowest BCUT2D eigenvalue weighted by molar-refractivity contribution is 0.100. The summed E-state index contributed by atoms with van der Waals surface area (Å²) in [5.74, 6) is -1.36. The van der Waals surface area contributed by atoms with Gasteiger partial charge in [-0.2, -0.15) is 0 Å². The van der Waals surface area contributed by atoms with Gasteiger partial charge in [0.1, 0.15) is 17.4 Å². The molecule has 1 amide bonds. The van der Waals surface area contributed by atoms with Crippen LogP contribution in [0.3, 0.4) is 0 Å². The third kappa shape index (κ3) is 4.09. The van der Waals surface area contributed by atoms with Gasteiger partial charge in [-0.3, -0.25) is 9.78 Å². The molecule has 1 aliphatic rings. The van der Waals surface area contributed by atoms with E-state index in [1.165, 1.54) is 6.20 Å². The number of fused-ring (bicyclic) bond motifs is 1. The molecule has 2 heterocycles. The van der Waals surface area contributed by atoms with Gasteiger partial charge in [-0.05, 0) is 25.2 Å². The number of hydrogen-bond acceptors (Lipinski definition) is 6. The van der Waals surface area contributed by atoms with E-state index in [4.69, 9.17) is 10.5 Å². The molecule has 0 bridgehead atoms. The normalized spacial score (nSPS) is 14.6. The van der Waals surface area contributed by atoms with Crippen LogP contribution in [0.2, 0.25) is 0 Å². The zero-order valence-electron chi connectivity index (χ0n) is 17.3. The summed E-state index contributed by atoms with van der Waals surface area (Å²) in [6, 6.07) is 6.68. The molecule has 0 spiro atoms. The van der Waals surface area contributed by atoms with Gasteiger partial charge in [-0.1, -0.05) is 0 Å². The fraction of sp³-hybridized carbons (Fsp3) is 0.273. The molecule has 7 nitrogen and oxygen atoms in total. The molecule has 31 heavy (non-hydrogen) atoms. The number of nitrogens with two attached hydrogens (primary N) is 1. The topological polar surface area (TPSA) is 83.7 Å². The van der Waals surface area contributed by atoms with Crippen molar-refractivity contribution < 1.29 is 18.3 Å². The summed E-state index contributed by atoms with van der Waals surface area (Å²) >= 11 is 0. The highest BCUT2D eigenvalue weighted by Crippen LogP contribution is 2.38. The Labute approximate surface area is 178 Å². The molecule has 2 aromatic carbocycles. The quantitative estimate of drug-likeness (QED) is 0.651. The second kappa shape index (κ2) is 8.35. The minimum atomic E-state index is -0.731. The molecule has 3 N–H and O–H groups in total. The fourth-order valence-electron chi connectivity index (χ4n) is 3.72. The number of nitrogens with zero attached hydrogens (tertiary/aromatic N) is 3. The molecule has 0 atom stereocenters. The lowest BCUT2D eigenvalue weighted by Gasteiger charge is -2.35. The smallest absolute Gasteiger partial charge is 0.252 e. The van der Waals surface area contributed by atoms with E-state index in [2.05, 4.69) is 27.1 Å². The van der Waals surface area contributed by atoms with E-state index in [0.717, 1.165) is 50.1 Å². The minimum Gasteiger partial charge on any atom is -0.495 e. The van der Waals surface area contributed by atoms with E-state index < -0.39 is 17.5 Å². The van der Waals surface area contributed by atoms with Crippen molar-refractivity contribution in [2.24, 2.45) is 5.73 Å². The Balaban J connectivity index is 1.89. The third-order valence-electron chi connectivity index (χ3n) is 5.47. The molecule has 162 valence electrons. The monoisotopic (exact) mass is 427 g/mol. The van der Waals surface area contributed by atoms with Crippen LogP contribution in [0.25, 0.3) is 10.9 Å². The van der Waals surface area contributed by atoms with Gasteiger partial charge in [-0.15, -0.1) is 0 Å². The van der Waals surface area contributed by atoms with Crippen molar-refractivity contribution in [1.82, 2.24) is 9.88 Å². The first-order valence-electron chi connectivity index (χ1n) is 9.83. The highest BCUT2D eigenvalue weighted by Gasteiger charge is 2.22. The lowest BCUT2D eigenvalue weighted by atomic mass is 10.1. The summed E-state index contributed by atoms with van der Waals surface area (Å²) in [6.45, 7) is 3.37. The molecule has 1 saturated heterocycles. The Kier molecular flexibility index (Phi) is 5.60. The molecule has 0 radical (unpaired) electrons. The van der Waals surface area contributed by atoms with Gasteiger partial charge < -0.3 is 25.6 Å². The lowest BCUT2D eigenvalue weighted by Crippen LogP contribution is -2.44. The summed E-state index contributed by atoms with van der Waals surface area (Å²) in [5.41, 5.74) is 7.14. The number of piperazine rings is 1. The number of pyridine rings is 1. The number of primary amides is 1. The molecular formula is C22H23F2N5O2. The predicted molar refractivity (Wildman–Crippen MR) is 116 cm³/mol. The fourth-order valence-corrected chi connectivity index (χ4v) is 3.72. The first-order chi connectivity index (χ1) is 14.9. The SMILES string of the molecule is COc1cc2ncc(C(N)=O)c(Nc3cc(F)ccc3F)c2cc1N1CCN(C)CC1. The average Bonchev–Trinajstić information content (AvgIpc) is 2.76. The minimum absolute atomic E-state index is 0.0747. The number of benzene rings is 2. The number of rotatable bonds is 5. The van der Waals surface area contributed by atoms with Gasteiger partial charge in [0.15, 0.2) is 0 Å². The first kappa shape index (κ1) is 20.8. The van der Waals surface area contributed by atoms with Crippen molar-refractivity contribution >= 4 is 33.9 Å². The first-order valence-corrected chi connectivity index (χ1v) is 9.83. The third-order valence-corrected chi connectivity index (χ3v) is 5.47. The molecule has 4 rings (SSSR count). The van der Waals surface area contributed by atoms with E-state index in [-0.39, 0.29) is 16.9 Å². The number of carbonyl (C=O) groups excluding carboxylic acids is 1. The molecular weight excluding hydrogens is 404 g/mol. The van der Waals surface area contributed by atoms with Crippen LogP contribution in [0.5, 0.6) is 5.75 Å². The second-order valence-electron chi connectivity index (χ2n) is 7.49. The highest BCUT2D eigenvalue weighted by atomic mass is 19.1. The molecule has 1 fully saturated rings. The van der Waals surface area contributed by atoms with Gasteiger partial charge in [0.05, 0.1) is 35.3 Å². The van der Waals surface area contributed by atoms with Gasteiger partial charge in [0, 0.05) is 49.9 Å². The summed E-state index contributed by atoms with van der Waals surface area (Å²) in [5, 5.41) is 3.41. The van der Waals surface area contributed by atoms with Gasteiger partial charge in [0.25, 0.3) is 5.91 Å². The second-order valence-corrected chi connectivity index (χ2v) is 7.49. The molecule has 1 aromatic heterocycles. The van der Waals surface area contributed by atoms with Crippen LogP contribution in [0, 0.1) is 11.6 Å². The largest absolute Gasteiger partial charge is 0.495 e. The van der Waals surface area contributed by atoms with Crippen molar-refractivity contribution in [2.75, 3.05) is 50.6 Å². The molecule has 0 aliphatic carbocycles. The molecule has 0 unspecified atom stereocenters. The van der Waals surface area contributed by atoms with Gasteiger partial charge in [-0.25, -0.2) is 8.78 Å². The number of hydrogen-bond donors (Lipinski definition) is 2. The number of aromatic nitrogens is 1. The molecule has 0 saturated carbocycles. The van der Waals surface area contributed by atoms with Crippen molar-refractivity contribution in [3.63, 3.8) is 0 Å². The van der Waals surface area contributed by atoms with Crippen LogP contribution in [0.15, 0.2) is 36.5 Å².